The Balaban J connectivity index is 1.56. The average Bonchev–Trinajstić information content (AvgIpc) is 3.03. The number of carboxylic acids is 1. The van der Waals surface area contributed by atoms with Crippen LogP contribution in [0.1, 0.15) is 36.5 Å². The highest BCUT2D eigenvalue weighted by molar-refractivity contribution is 8.01. The Bertz CT molecular complexity index is 1170. The zero-order valence-electron chi connectivity index (χ0n) is 19.3. The number of carboxylic acid groups (broad SMARTS) is 1. The molecule has 0 radical (unpaired) electrons. The van der Waals surface area contributed by atoms with Gasteiger partial charge in [-0.1, -0.05) is 48.0 Å². The molecule has 4 unspecified atom stereocenters. The van der Waals surface area contributed by atoms with E-state index in [1.54, 1.807) is 50.2 Å². The number of β-lactam (4-membered cyclic amide) rings is 1. The number of nitrogens with one attached hydrogen (secondary N) is 1. The molecule has 178 valence electrons. The van der Waals surface area contributed by atoms with Crippen LogP contribution in [0, 0.1) is 13.8 Å². The number of amides is 2. The first-order valence-electron chi connectivity index (χ1n) is 10.9. The van der Waals surface area contributed by atoms with E-state index >= 15 is 0 Å². The Labute approximate surface area is 201 Å². The third-order valence-electron chi connectivity index (χ3n) is 6.14. The van der Waals surface area contributed by atoms with Crippen LogP contribution < -0.4 is 10.1 Å². The van der Waals surface area contributed by atoms with Crippen molar-refractivity contribution in [3.63, 3.8) is 0 Å². The largest absolute Gasteiger partial charge is 0.480 e. The summed E-state index contributed by atoms with van der Waals surface area (Å²) in [6, 6.07) is 12.0. The minimum absolute atomic E-state index is 0.354. The normalized spacial score (nSPS) is 23.5. The molecule has 8 nitrogen and oxygen atoms in total. The van der Waals surface area contributed by atoms with Gasteiger partial charge in [0.2, 0.25) is 11.8 Å². The van der Waals surface area contributed by atoms with Gasteiger partial charge >= 0.3 is 11.9 Å². The van der Waals surface area contributed by atoms with E-state index < -0.39 is 51.9 Å². The maximum absolute atomic E-state index is 13.3. The second-order valence-electron chi connectivity index (χ2n) is 9.12. The van der Waals surface area contributed by atoms with E-state index in [0.717, 1.165) is 11.1 Å². The molecular weight excluding hydrogens is 456 g/mol. The van der Waals surface area contributed by atoms with Crippen LogP contribution in [-0.4, -0.2) is 56.0 Å². The lowest BCUT2D eigenvalue weighted by atomic mass is 9.94. The molecular formula is C25H26N2O6S. The van der Waals surface area contributed by atoms with Gasteiger partial charge in [0.15, 0.2) is 5.92 Å². The fraction of sp³-hybridized carbons (Fsp3) is 0.360. The molecule has 4 rings (SSSR count). The number of esters is 1. The highest BCUT2D eigenvalue weighted by Crippen LogP contribution is 2.50. The second kappa shape index (κ2) is 8.79. The Kier molecular flexibility index (Phi) is 6.16. The van der Waals surface area contributed by atoms with Gasteiger partial charge in [0.25, 0.3) is 0 Å². The molecule has 2 heterocycles. The lowest BCUT2D eigenvalue weighted by Gasteiger charge is -2.43. The van der Waals surface area contributed by atoms with Crippen molar-refractivity contribution in [1.82, 2.24) is 10.2 Å². The van der Waals surface area contributed by atoms with Gasteiger partial charge in [-0.2, -0.15) is 0 Å². The summed E-state index contributed by atoms with van der Waals surface area (Å²) in [5, 5.41) is 11.8. The van der Waals surface area contributed by atoms with Crippen molar-refractivity contribution in [1.29, 1.82) is 0 Å². The van der Waals surface area contributed by atoms with Crippen LogP contribution in [0.15, 0.2) is 48.5 Å². The van der Waals surface area contributed by atoms with Gasteiger partial charge in [0.05, 0.1) is 0 Å². The van der Waals surface area contributed by atoms with Crippen LogP contribution in [0.3, 0.4) is 0 Å². The number of ether oxygens (including phenoxy) is 1. The number of fused-ring (bicyclic) bond motifs is 1. The predicted octanol–water partition coefficient (Wildman–Crippen LogP) is 2.62. The molecule has 2 saturated heterocycles. The van der Waals surface area contributed by atoms with Crippen molar-refractivity contribution in [3.05, 3.63) is 65.2 Å². The van der Waals surface area contributed by atoms with E-state index in [-0.39, 0.29) is 0 Å². The van der Waals surface area contributed by atoms with Crippen molar-refractivity contribution in [2.24, 2.45) is 0 Å². The molecule has 0 saturated carbocycles. The first-order valence-corrected chi connectivity index (χ1v) is 11.8. The summed E-state index contributed by atoms with van der Waals surface area (Å²) < 4.78 is 4.87. The van der Waals surface area contributed by atoms with E-state index in [2.05, 4.69) is 5.32 Å². The third kappa shape index (κ3) is 4.16. The fourth-order valence-corrected chi connectivity index (χ4v) is 6.13. The van der Waals surface area contributed by atoms with Gasteiger partial charge in [0.1, 0.15) is 23.2 Å². The Morgan fingerprint density at radius 2 is 1.79 bits per heavy atom. The summed E-state index contributed by atoms with van der Waals surface area (Å²) in [5.74, 6) is -3.93. The molecule has 2 fully saturated rings. The SMILES string of the molecule is Cc1ccc(OC(=O)C(C(=O)NC2C(=O)N3C2SC(C)(C)C3C(=O)O)c2ccccc2)c(C)c1. The molecule has 2 aromatic carbocycles. The van der Waals surface area contributed by atoms with Gasteiger partial charge < -0.3 is 20.1 Å². The number of rotatable bonds is 6. The standard InChI is InChI=1S/C25H26N2O6S/c1-13-10-11-16(14(2)12-13)33-24(32)17(15-8-6-5-7-9-15)20(28)26-18-21(29)27-19(23(30)31)25(3,4)34-22(18)27/h5-12,17-19,22H,1-4H3,(H,26,28)(H,30,31). The number of aliphatic carboxylic acids is 1. The number of nitrogens with zero attached hydrogens (tertiary/aromatic N) is 1. The van der Waals surface area contributed by atoms with E-state index in [4.69, 9.17) is 4.74 Å². The van der Waals surface area contributed by atoms with Crippen LogP contribution in [0.2, 0.25) is 0 Å². The van der Waals surface area contributed by atoms with E-state index in [1.807, 2.05) is 26.0 Å². The van der Waals surface area contributed by atoms with Crippen molar-refractivity contribution >= 4 is 35.5 Å². The fourth-order valence-electron chi connectivity index (χ4n) is 4.50. The van der Waals surface area contributed by atoms with Crippen LogP contribution in [0.5, 0.6) is 5.75 Å². The molecule has 0 spiro atoms. The number of carbonyl (C=O) groups is 4. The van der Waals surface area contributed by atoms with Crippen LogP contribution in [0.4, 0.5) is 0 Å². The highest BCUT2D eigenvalue weighted by atomic mass is 32.2. The monoisotopic (exact) mass is 482 g/mol. The first-order chi connectivity index (χ1) is 16.0. The average molecular weight is 483 g/mol. The molecule has 2 aliphatic heterocycles. The number of hydrogen-bond acceptors (Lipinski definition) is 6. The van der Waals surface area contributed by atoms with Gasteiger partial charge in [-0.05, 0) is 44.9 Å². The number of benzene rings is 2. The Morgan fingerprint density at radius 1 is 1.12 bits per heavy atom. The van der Waals surface area contributed by atoms with Gasteiger partial charge in [-0.3, -0.25) is 14.4 Å². The molecule has 0 aliphatic carbocycles. The quantitative estimate of drug-likeness (QED) is 0.282. The predicted molar refractivity (Wildman–Crippen MR) is 126 cm³/mol. The molecule has 2 N–H and O–H groups in total. The van der Waals surface area contributed by atoms with E-state index in [0.29, 0.717) is 11.3 Å². The second-order valence-corrected chi connectivity index (χ2v) is 10.9. The lowest BCUT2D eigenvalue weighted by Crippen LogP contribution is -2.71. The van der Waals surface area contributed by atoms with Crippen molar-refractivity contribution in [2.75, 3.05) is 0 Å². The third-order valence-corrected chi connectivity index (χ3v) is 7.72. The van der Waals surface area contributed by atoms with Crippen LogP contribution >= 0.6 is 11.8 Å². The Morgan fingerprint density at radius 3 is 2.41 bits per heavy atom. The summed E-state index contributed by atoms with van der Waals surface area (Å²) in [6.45, 7) is 7.26. The Hall–Kier alpha value is -3.33. The van der Waals surface area contributed by atoms with Crippen molar-refractivity contribution < 1.29 is 29.0 Å². The number of hydrogen-bond donors (Lipinski definition) is 2. The molecule has 2 aliphatic rings. The zero-order chi connectivity index (χ0) is 24.8. The maximum Gasteiger partial charge on any atom is 0.328 e. The van der Waals surface area contributed by atoms with Gasteiger partial charge in [-0.25, -0.2) is 4.79 Å². The summed E-state index contributed by atoms with van der Waals surface area (Å²) in [5.41, 5.74) is 2.20. The van der Waals surface area contributed by atoms with E-state index in [1.165, 1.54) is 16.7 Å². The van der Waals surface area contributed by atoms with Gasteiger partial charge in [0, 0.05) is 4.75 Å². The van der Waals surface area contributed by atoms with E-state index in [9.17, 15) is 24.3 Å². The van der Waals surface area contributed by atoms with Crippen LogP contribution in [-0.2, 0) is 19.2 Å². The number of carbonyl (C=O) groups excluding carboxylic acids is 3. The molecule has 34 heavy (non-hydrogen) atoms. The first kappa shape index (κ1) is 23.8. The minimum atomic E-state index is -1.29. The summed E-state index contributed by atoms with van der Waals surface area (Å²) >= 11 is 1.32. The molecule has 2 amide bonds. The van der Waals surface area contributed by atoms with Crippen molar-refractivity contribution in [2.45, 2.75) is 55.8 Å². The smallest absolute Gasteiger partial charge is 0.328 e. The maximum atomic E-state index is 13.3. The molecule has 4 atom stereocenters. The molecule has 9 heteroatoms. The summed E-state index contributed by atoms with van der Waals surface area (Å²) in [4.78, 5) is 52.3. The highest BCUT2D eigenvalue weighted by Gasteiger charge is 2.64. The van der Waals surface area contributed by atoms with Gasteiger partial charge in [-0.15, -0.1) is 11.8 Å². The molecule has 0 bridgehead atoms. The minimum Gasteiger partial charge on any atom is -0.480 e. The lowest BCUT2D eigenvalue weighted by molar-refractivity contribution is -0.161. The molecule has 2 aromatic rings. The summed E-state index contributed by atoms with van der Waals surface area (Å²) in [7, 11) is 0. The number of thioether (sulfide) groups is 1. The zero-order valence-corrected chi connectivity index (χ0v) is 20.1. The van der Waals surface area contributed by atoms with Crippen molar-refractivity contribution in [3.8, 4) is 5.75 Å². The topological polar surface area (TPSA) is 113 Å². The number of aryl methyl sites for hydroxylation is 2. The summed E-state index contributed by atoms with van der Waals surface area (Å²) in [6.07, 6.45) is 0. The molecule has 0 aromatic heterocycles. The van der Waals surface area contributed by atoms with Crippen LogP contribution in [0.25, 0.3) is 0 Å².